The molecule has 0 spiro atoms. The molecule has 3 N–H and O–H groups in total. The summed E-state index contributed by atoms with van der Waals surface area (Å²) in [7, 11) is 4.54. The van der Waals surface area contributed by atoms with Crippen molar-refractivity contribution in [3.8, 4) is 0 Å². The largest absolute Gasteiger partial charge is 0.416 e. The van der Waals surface area contributed by atoms with Crippen molar-refractivity contribution >= 4 is 23.2 Å². The quantitative estimate of drug-likeness (QED) is 0.111. The van der Waals surface area contributed by atoms with Crippen LogP contribution in [-0.4, -0.2) is 158 Å². The van der Waals surface area contributed by atoms with E-state index >= 15 is 0 Å². The van der Waals surface area contributed by atoms with Gasteiger partial charge in [0.05, 0.1) is 48.6 Å². The minimum absolute atomic E-state index is 0. The number of hydrogen-bond acceptors (Lipinski definition) is 11. The summed E-state index contributed by atoms with van der Waals surface area (Å²) < 4.78 is 152. The molecule has 455 valence electrons. The Kier molecular flexibility index (Phi) is 41.0. The van der Waals surface area contributed by atoms with Crippen LogP contribution in [0.3, 0.4) is 0 Å². The molecule has 3 aromatic carbocycles. The zero-order valence-electron chi connectivity index (χ0n) is 42.9. The Bertz CT molecular complexity index is 2130. The SMILES string of the molecule is C.C.C.C.C.CC(=O)N1CCN[C@@H](C)C1.COC[C@@H](OS(=O)O)c1ccc(C(F)(F)F)cc1.COC[C@@H](c1ccc(C(F)(F)F)cc1)N1CCN(C(C)=O)C[C@@H]1C.COC[C@@H](c1ccc(C(F)(F)F)cc1)N1CCNC[C@@H]1C.[Y]. The predicted molar refractivity (Wildman–Crippen MR) is 291 cm³/mol. The summed E-state index contributed by atoms with van der Waals surface area (Å²) in [6.07, 6.45) is -14.0. The number of methoxy groups -OCH3 is 3. The van der Waals surface area contributed by atoms with E-state index in [1.165, 1.54) is 31.4 Å². The van der Waals surface area contributed by atoms with E-state index < -0.39 is 52.7 Å². The molecule has 3 aliphatic rings. The van der Waals surface area contributed by atoms with Gasteiger partial charge in [0.1, 0.15) is 6.10 Å². The number of halogens is 9. The molecule has 1 radical (unpaired) electrons. The summed E-state index contributed by atoms with van der Waals surface area (Å²) in [6.45, 7) is 17.3. The van der Waals surface area contributed by atoms with Crippen LogP contribution in [0.5, 0.6) is 0 Å². The van der Waals surface area contributed by atoms with Crippen molar-refractivity contribution in [3.63, 3.8) is 0 Å². The summed E-state index contributed by atoms with van der Waals surface area (Å²) in [5.41, 5.74) is -0.0981. The molecule has 1 unspecified atom stereocenters. The number of alkyl halides is 9. The molecule has 3 fully saturated rings. The third-order valence-corrected chi connectivity index (χ3v) is 12.7. The predicted octanol–water partition coefficient (Wildman–Crippen LogP) is 11.2. The Morgan fingerprint density at radius 2 is 0.962 bits per heavy atom. The third kappa shape index (κ3) is 27.7. The number of carbonyl (C=O) groups is 2. The first-order chi connectivity index (χ1) is 34.2. The van der Waals surface area contributed by atoms with Gasteiger partial charge in [0, 0.05) is 145 Å². The number of amides is 2. The van der Waals surface area contributed by atoms with E-state index in [0.717, 1.165) is 86.8 Å². The van der Waals surface area contributed by atoms with E-state index in [-0.39, 0.29) is 106 Å². The topological polar surface area (TPSA) is 145 Å². The average molecular weight is 1240 g/mol. The summed E-state index contributed by atoms with van der Waals surface area (Å²) >= 11 is -2.52. The molecule has 25 heteroatoms. The maximum atomic E-state index is 12.7. The van der Waals surface area contributed by atoms with Crippen LogP contribution < -0.4 is 10.6 Å². The Morgan fingerprint density at radius 1 is 0.582 bits per heavy atom. The maximum Gasteiger partial charge on any atom is 0.416 e. The van der Waals surface area contributed by atoms with Gasteiger partial charge in [-0.05, 0) is 73.9 Å². The molecular weight excluding hydrogens is 1150 g/mol. The van der Waals surface area contributed by atoms with Gasteiger partial charge in [-0.15, -0.1) is 0 Å². The summed E-state index contributed by atoms with van der Waals surface area (Å²) in [4.78, 5) is 30.5. The van der Waals surface area contributed by atoms with Crippen LogP contribution in [0, 0.1) is 0 Å². The fourth-order valence-electron chi connectivity index (χ4n) is 8.45. The molecule has 0 saturated carbocycles. The number of carbonyl (C=O) groups excluding carboxylic acids is 2. The van der Waals surface area contributed by atoms with Crippen molar-refractivity contribution in [2.45, 2.75) is 127 Å². The Labute approximate surface area is 492 Å². The molecule has 3 aromatic rings. The summed E-state index contributed by atoms with van der Waals surface area (Å²) in [5, 5.41) is 6.58. The first-order valence-electron chi connectivity index (χ1n) is 23.4. The number of benzene rings is 3. The van der Waals surface area contributed by atoms with Gasteiger partial charge >= 0.3 is 29.9 Å². The van der Waals surface area contributed by atoms with Crippen molar-refractivity contribution < 1.29 is 109 Å². The van der Waals surface area contributed by atoms with Gasteiger partial charge < -0.3 is 34.6 Å². The molecule has 0 aliphatic carbocycles. The van der Waals surface area contributed by atoms with Gasteiger partial charge in [-0.2, -0.15) is 43.7 Å². The van der Waals surface area contributed by atoms with E-state index in [4.69, 9.17) is 18.8 Å². The number of hydrogen-bond donors (Lipinski definition) is 3. The first kappa shape index (κ1) is 82.3. The van der Waals surface area contributed by atoms with Crippen molar-refractivity contribution in [2.24, 2.45) is 0 Å². The number of piperazine rings is 3. The standard InChI is InChI=1S/C17H23F3N2O2.C15H21F3N2O.C10H11F3O4S.C7H14N2O.5CH4.Y/c1-12-10-21(13(2)23)8-9-22(12)16(11-24-3)14-4-6-15(7-5-14)17(18,19)20;1-11-9-19-7-8-20(11)14(10-21-2)12-3-5-13(6-4-12)15(16,17)18;1-16-6-9(17-18(14)15)7-2-4-8(5-3-7)10(11,12)13;1-6-5-9(7(2)10)4-3-8-6;;;;;;/h4-7,12,16H,8-11H2,1-3H3;3-6,11,14,19H,7-10H2,1-2H3;2-5,9H,6H2,1H3,(H,14,15);6,8H,3-5H2,1-2H3;5*1H4;/t12-,16-;11-,14-;9-;6-;;;;;;/m0010....../s1. The zero-order valence-corrected chi connectivity index (χ0v) is 46.5. The Morgan fingerprint density at radius 3 is 1.28 bits per heavy atom. The van der Waals surface area contributed by atoms with E-state index in [9.17, 15) is 53.3 Å². The van der Waals surface area contributed by atoms with Gasteiger partial charge in [0.25, 0.3) is 0 Å². The molecule has 3 heterocycles. The Hall–Kier alpha value is -3.14. The summed E-state index contributed by atoms with van der Waals surface area (Å²) in [6, 6.07) is 15.5. The van der Waals surface area contributed by atoms with Crippen LogP contribution in [-0.2, 0) is 90.6 Å². The van der Waals surface area contributed by atoms with E-state index in [1.807, 2.05) is 11.8 Å². The van der Waals surface area contributed by atoms with Gasteiger partial charge in [0.15, 0.2) is 0 Å². The van der Waals surface area contributed by atoms with Crippen LogP contribution in [0.15, 0.2) is 72.8 Å². The third-order valence-electron chi connectivity index (χ3n) is 12.3. The van der Waals surface area contributed by atoms with Crippen LogP contribution >= 0.6 is 0 Å². The van der Waals surface area contributed by atoms with Crippen LogP contribution in [0.1, 0.15) is 123 Å². The number of ether oxygens (including phenoxy) is 3. The maximum absolute atomic E-state index is 12.7. The van der Waals surface area contributed by atoms with Crippen LogP contribution in [0.25, 0.3) is 0 Å². The second kappa shape index (κ2) is 39.4. The Balaban J connectivity index is -0.000000478. The molecule has 0 aromatic heterocycles. The van der Waals surface area contributed by atoms with Crippen molar-refractivity contribution in [2.75, 3.05) is 100 Å². The van der Waals surface area contributed by atoms with Gasteiger partial charge in [-0.1, -0.05) is 73.5 Å². The fraction of sp³-hybridized carbons (Fsp3) is 0.630. The zero-order chi connectivity index (χ0) is 54.7. The minimum Gasteiger partial charge on any atom is -0.383 e. The molecule has 6 rings (SSSR count). The van der Waals surface area contributed by atoms with Crippen molar-refractivity contribution in [3.05, 3.63) is 106 Å². The number of nitrogens with one attached hydrogen (secondary N) is 2. The molecule has 0 bridgehead atoms. The van der Waals surface area contributed by atoms with E-state index in [1.54, 1.807) is 45.1 Å². The number of rotatable bonds is 13. The first-order valence-corrected chi connectivity index (χ1v) is 24.5. The number of nitrogens with zero attached hydrogens (tertiary/aromatic N) is 4. The summed E-state index contributed by atoms with van der Waals surface area (Å²) in [5.74, 6) is 0.229. The monoisotopic (exact) mass is 1240 g/mol. The molecule has 14 nitrogen and oxygen atoms in total. The van der Waals surface area contributed by atoms with Gasteiger partial charge in [-0.3, -0.25) is 28.1 Å². The smallest absolute Gasteiger partial charge is 0.383 e. The second-order valence-corrected chi connectivity index (χ2v) is 18.3. The van der Waals surface area contributed by atoms with Crippen LogP contribution in [0.2, 0.25) is 0 Å². The normalized spacial score (nSPS) is 19.1. The molecule has 7 atom stereocenters. The molecular formula is C54H89F9N6O8SY. The van der Waals surface area contributed by atoms with E-state index in [2.05, 4.69) is 38.5 Å². The second-order valence-electron chi connectivity index (χ2n) is 17.7. The van der Waals surface area contributed by atoms with Crippen molar-refractivity contribution in [1.82, 2.24) is 30.2 Å². The molecule has 3 saturated heterocycles. The minimum atomic E-state index is -4.42. The molecule has 3 aliphatic heterocycles. The van der Waals surface area contributed by atoms with Gasteiger partial charge in [-0.25, -0.2) is 0 Å². The van der Waals surface area contributed by atoms with Gasteiger partial charge in [0.2, 0.25) is 11.8 Å². The molecule has 79 heavy (non-hydrogen) atoms. The molecule has 2 amide bonds. The van der Waals surface area contributed by atoms with Crippen molar-refractivity contribution in [1.29, 1.82) is 0 Å². The van der Waals surface area contributed by atoms with E-state index in [0.29, 0.717) is 50.5 Å². The fourth-order valence-corrected chi connectivity index (χ4v) is 8.81. The average Bonchev–Trinajstić information content (AvgIpc) is 3.32. The van der Waals surface area contributed by atoms with Crippen LogP contribution in [0.4, 0.5) is 39.5 Å².